The van der Waals surface area contributed by atoms with Gasteiger partial charge in [0.15, 0.2) is 5.11 Å². The number of carbonyl (C=O) groups excluding carboxylic acids is 1. The molecular weight excluding hydrogens is 260 g/mol. The van der Waals surface area contributed by atoms with Crippen LogP contribution in [0, 0.1) is 5.92 Å². The Hall–Kier alpha value is -1.62. The Balaban J connectivity index is 1.78. The molecule has 1 amide bonds. The molecule has 1 fully saturated rings. The number of aromatic hydroxyl groups is 1. The van der Waals surface area contributed by atoms with E-state index in [1.165, 1.54) is 12.8 Å². The first-order valence-electron chi connectivity index (χ1n) is 6.53. The summed E-state index contributed by atoms with van der Waals surface area (Å²) < 4.78 is 0. The highest BCUT2D eigenvalue weighted by Gasteiger charge is 2.18. The van der Waals surface area contributed by atoms with Gasteiger partial charge in [-0.3, -0.25) is 4.79 Å². The van der Waals surface area contributed by atoms with Crippen LogP contribution in [0.15, 0.2) is 24.3 Å². The topological polar surface area (TPSA) is 61.4 Å². The molecule has 0 aromatic heterocycles. The molecule has 0 bridgehead atoms. The Kier molecular flexibility index (Phi) is 4.74. The van der Waals surface area contributed by atoms with E-state index in [-0.39, 0.29) is 16.8 Å². The molecule has 5 heteroatoms. The van der Waals surface area contributed by atoms with Crippen LogP contribution in [0.5, 0.6) is 5.75 Å². The van der Waals surface area contributed by atoms with Crippen molar-refractivity contribution in [2.45, 2.75) is 32.1 Å². The molecule has 1 aromatic rings. The van der Waals surface area contributed by atoms with E-state index in [0.717, 1.165) is 12.8 Å². The molecule has 1 aromatic carbocycles. The molecule has 0 radical (unpaired) electrons. The van der Waals surface area contributed by atoms with Crippen LogP contribution in [0.3, 0.4) is 0 Å². The minimum absolute atomic E-state index is 0.0375. The van der Waals surface area contributed by atoms with Crippen LogP contribution in [0.2, 0.25) is 0 Å². The lowest BCUT2D eigenvalue weighted by Gasteiger charge is -2.12. The number of amides is 1. The van der Waals surface area contributed by atoms with Gasteiger partial charge in [0, 0.05) is 18.2 Å². The Morgan fingerprint density at radius 1 is 1.37 bits per heavy atom. The lowest BCUT2D eigenvalue weighted by Crippen LogP contribution is -2.34. The number of carbonyl (C=O) groups is 1. The first-order chi connectivity index (χ1) is 9.13. The number of thiocarbonyl (C=S) groups is 1. The zero-order valence-corrected chi connectivity index (χ0v) is 11.5. The zero-order chi connectivity index (χ0) is 13.7. The molecular formula is C14H18N2O2S. The van der Waals surface area contributed by atoms with Gasteiger partial charge >= 0.3 is 0 Å². The average Bonchev–Trinajstić information content (AvgIpc) is 2.81. The fraction of sp³-hybridized carbons (Fsp3) is 0.429. The van der Waals surface area contributed by atoms with E-state index in [9.17, 15) is 9.90 Å². The molecule has 0 atom stereocenters. The second kappa shape index (κ2) is 6.52. The third kappa shape index (κ3) is 4.52. The third-order valence-electron chi connectivity index (χ3n) is 3.31. The molecule has 4 nitrogen and oxygen atoms in total. The lowest BCUT2D eigenvalue weighted by molar-refractivity contribution is -0.120. The van der Waals surface area contributed by atoms with Gasteiger partial charge in [-0.15, -0.1) is 0 Å². The van der Waals surface area contributed by atoms with Crippen molar-refractivity contribution in [2.24, 2.45) is 5.92 Å². The maximum Gasteiger partial charge on any atom is 0.226 e. The van der Waals surface area contributed by atoms with Crippen molar-refractivity contribution < 1.29 is 9.90 Å². The summed E-state index contributed by atoms with van der Waals surface area (Å²) in [6.45, 7) is 0. The Labute approximate surface area is 118 Å². The predicted molar refractivity (Wildman–Crippen MR) is 79.0 cm³/mol. The van der Waals surface area contributed by atoms with Gasteiger partial charge in [0.1, 0.15) is 5.75 Å². The Bertz CT molecular complexity index is 470. The molecule has 0 heterocycles. The van der Waals surface area contributed by atoms with Crippen LogP contribution in [-0.4, -0.2) is 16.1 Å². The largest absolute Gasteiger partial charge is 0.508 e. The van der Waals surface area contributed by atoms with E-state index in [0.29, 0.717) is 18.0 Å². The van der Waals surface area contributed by atoms with Gasteiger partial charge in [-0.05, 0) is 43.1 Å². The third-order valence-corrected chi connectivity index (χ3v) is 3.51. The van der Waals surface area contributed by atoms with E-state index in [1.54, 1.807) is 24.3 Å². The van der Waals surface area contributed by atoms with Crippen molar-refractivity contribution in [2.75, 3.05) is 5.32 Å². The van der Waals surface area contributed by atoms with Crippen LogP contribution in [0.25, 0.3) is 0 Å². The quantitative estimate of drug-likeness (QED) is 0.744. The van der Waals surface area contributed by atoms with Crippen LogP contribution in [0.1, 0.15) is 32.1 Å². The maximum atomic E-state index is 11.8. The molecule has 0 unspecified atom stereocenters. The summed E-state index contributed by atoms with van der Waals surface area (Å²) in [5.41, 5.74) is 0.658. The van der Waals surface area contributed by atoms with Gasteiger partial charge in [0.25, 0.3) is 0 Å². The second-order valence-electron chi connectivity index (χ2n) is 4.91. The molecule has 19 heavy (non-hydrogen) atoms. The molecule has 0 spiro atoms. The number of benzene rings is 1. The number of rotatable bonds is 3. The van der Waals surface area contributed by atoms with E-state index < -0.39 is 0 Å². The number of hydrogen-bond donors (Lipinski definition) is 3. The van der Waals surface area contributed by atoms with Gasteiger partial charge in [-0.2, -0.15) is 0 Å². The molecule has 1 aliphatic rings. The number of nitrogens with one attached hydrogen (secondary N) is 2. The average molecular weight is 278 g/mol. The fourth-order valence-corrected chi connectivity index (χ4v) is 2.63. The molecule has 1 aliphatic carbocycles. The number of phenolic OH excluding ortho intramolecular Hbond substituents is 1. The van der Waals surface area contributed by atoms with Crippen LogP contribution >= 0.6 is 12.2 Å². The minimum Gasteiger partial charge on any atom is -0.508 e. The zero-order valence-electron chi connectivity index (χ0n) is 10.7. The van der Waals surface area contributed by atoms with Crippen molar-refractivity contribution in [3.63, 3.8) is 0 Å². The second-order valence-corrected chi connectivity index (χ2v) is 5.32. The van der Waals surface area contributed by atoms with E-state index in [4.69, 9.17) is 12.2 Å². The molecule has 3 N–H and O–H groups in total. The Morgan fingerprint density at radius 2 is 2.11 bits per heavy atom. The van der Waals surface area contributed by atoms with Crippen molar-refractivity contribution in [3.8, 4) is 5.75 Å². The van der Waals surface area contributed by atoms with Crippen molar-refractivity contribution in [1.82, 2.24) is 5.32 Å². The number of hydrogen-bond acceptors (Lipinski definition) is 3. The molecule has 1 saturated carbocycles. The molecule has 102 valence electrons. The summed E-state index contributed by atoms with van der Waals surface area (Å²) in [6.07, 6.45) is 5.27. The molecule has 0 aliphatic heterocycles. The number of phenols is 1. The molecule has 0 saturated heterocycles. The lowest BCUT2D eigenvalue weighted by atomic mass is 10.0. The normalized spacial score (nSPS) is 15.2. The van der Waals surface area contributed by atoms with Crippen molar-refractivity contribution in [3.05, 3.63) is 24.3 Å². The summed E-state index contributed by atoms with van der Waals surface area (Å²) in [7, 11) is 0. The standard InChI is InChI=1S/C14H18N2O2S/c17-12-7-3-6-11(9-12)15-14(19)16-13(18)8-10-4-1-2-5-10/h3,6-7,9-10,17H,1-2,4-5,8H2,(H2,15,16,18,19). The molecule has 2 rings (SSSR count). The van der Waals surface area contributed by atoms with Crippen molar-refractivity contribution in [1.29, 1.82) is 0 Å². The SMILES string of the molecule is O=C(CC1CCCC1)NC(=S)Nc1cccc(O)c1. The first-order valence-corrected chi connectivity index (χ1v) is 6.94. The minimum atomic E-state index is -0.0375. The van der Waals surface area contributed by atoms with E-state index >= 15 is 0 Å². The summed E-state index contributed by atoms with van der Waals surface area (Å²) >= 11 is 5.07. The smallest absolute Gasteiger partial charge is 0.226 e. The van der Waals surface area contributed by atoms with Crippen LogP contribution in [0.4, 0.5) is 5.69 Å². The summed E-state index contributed by atoms with van der Waals surface area (Å²) in [5, 5.41) is 15.2. The van der Waals surface area contributed by atoms with Gasteiger partial charge in [0.2, 0.25) is 5.91 Å². The number of anilines is 1. The van der Waals surface area contributed by atoms with Gasteiger partial charge in [-0.1, -0.05) is 18.9 Å². The van der Waals surface area contributed by atoms with Crippen LogP contribution in [-0.2, 0) is 4.79 Å². The van der Waals surface area contributed by atoms with Crippen LogP contribution < -0.4 is 10.6 Å². The summed E-state index contributed by atoms with van der Waals surface area (Å²) in [6, 6.07) is 6.61. The monoisotopic (exact) mass is 278 g/mol. The fourth-order valence-electron chi connectivity index (χ4n) is 2.40. The van der Waals surface area contributed by atoms with Gasteiger partial charge < -0.3 is 15.7 Å². The van der Waals surface area contributed by atoms with E-state index in [1.807, 2.05) is 0 Å². The summed E-state index contributed by atoms with van der Waals surface area (Å²) in [4.78, 5) is 11.8. The summed E-state index contributed by atoms with van der Waals surface area (Å²) in [5.74, 6) is 0.623. The maximum absolute atomic E-state index is 11.8. The van der Waals surface area contributed by atoms with Crippen molar-refractivity contribution >= 4 is 28.9 Å². The highest BCUT2D eigenvalue weighted by atomic mass is 32.1. The van der Waals surface area contributed by atoms with Gasteiger partial charge in [0.05, 0.1) is 0 Å². The predicted octanol–water partition coefficient (Wildman–Crippen LogP) is 2.79. The van der Waals surface area contributed by atoms with E-state index in [2.05, 4.69) is 10.6 Å². The Morgan fingerprint density at radius 3 is 2.79 bits per heavy atom. The highest BCUT2D eigenvalue weighted by molar-refractivity contribution is 7.80. The first kappa shape index (κ1) is 13.8. The highest BCUT2D eigenvalue weighted by Crippen LogP contribution is 2.27. The van der Waals surface area contributed by atoms with Gasteiger partial charge in [-0.25, -0.2) is 0 Å².